The first kappa shape index (κ1) is 18.1. The maximum absolute atomic E-state index is 13.4. The van der Waals surface area contributed by atoms with Crippen LogP contribution in [0.5, 0.6) is 0 Å². The van der Waals surface area contributed by atoms with E-state index in [1.165, 1.54) is 17.7 Å². The molecule has 2 aliphatic rings. The standard InChI is InChI=1S/C21H26N2OS2/c24-20(21(10-2-3-11-21)18-6-5-15-25-18)23-13-8-17(9-14-23)16-26-19-7-1-4-12-22-19/h1,4-7,12,15,17H,2-3,8-11,13-14,16H2. The molecule has 0 atom stereocenters. The van der Waals surface area contributed by atoms with Crippen LogP contribution < -0.4 is 0 Å². The molecule has 3 heterocycles. The number of nitrogens with zero attached hydrogens (tertiary/aromatic N) is 2. The largest absolute Gasteiger partial charge is 0.342 e. The lowest BCUT2D eigenvalue weighted by molar-refractivity contribution is -0.138. The van der Waals surface area contributed by atoms with Gasteiger partial charge in [-0.2, -0.15) is 0 Å². The zero-order valence-electron chi connectivity index (χ0n) is 15.1. The smallest absolute Gasteiger partial charge is 0.234 e. The van der Waals surface area contributed by atoms with Crippen LogP contribution in [0.25, 0.3) is 0 Å². The topological polar surface area (TPSA) is 33.2 Å². The summed E-state index contributed by atoms with van der Waals surface area (Å²) in [6.45, 7) is 1.83. The number of amides is 1. The zero-order chi connectivity index (χ0) is 17.8. The van der Waals surface area contributed by atoms with Gasteiger partial charge >= 0.3 is 0 Å². The van der Waals surface area contributed by atoms with Crippen molar-refractivity contribution in [2.75, 3.05) is 18.8 Å². The monoisotopic (exact) mass is 386 g/mol. The lowest BCUT2D eigenvalue weighted by Gasteiger charge is -2.38. The molecule has 4 rings (SSSR count). The highest BCUT2D eigenvalue weighted by Crippen LogP contribution is 2.45. The molecule has 2 aromatic rings. The van der Waals surface area contributed by atoms with Gasteiger partial charge < -0.3 is 4.90 Å². The van der Waals surface area contributed by atoms with Gasteiger partial charge in [-0.25, -0.2) is 4.98 Å². The van der Waals surface area contributed by atoms with Crippen LogP contribution in [0, 0.1) is 5.92 Å². The molecule has 1 aliphatic carbocycles. The first-order chi connectivity index (χ1) is 12.8. The number of pyridine rings is 1. The minimum Gasteiger partial charge on any atom is -0.342 e. The van der Waals surface area contributed by atoms with Gasteiger partial charge in [0.25, 0.3) is 0 Å². The van der Waals surface area contributed by atoms with Crippen LogP contribution in [0.15, 0.2) is 46.9 Å². The molecular formula is C21H26N2OS2. The summed E-state index contributed by atoms with van der Waals surface area (Å²) >= 11 is 3.61. The third kappa shape index (κ3) is 3.70. The quantitative estimate of drug-likeness (QED) is 0.679. The molecule has 0 unspecified atom stereocenters. The molecule has 1 amide bonds. The molecule has 1 aliphatic heterocycles. The van der Waals surface area contributed by atoms with Gasteiger partial charge in [0.05, 0.1) is 10.4 Å². The number of carbonyl (C=O) groups excluding carboxylic acids is 1. The molecule has 5 heteroatoms. The predicted octanol–water partition coefficient (Wildman–Crippen LogP) is 4.99. The van der Waals surface area contributed by atoms with Gasteiger partial charge in [0.2, 0.25) is 5.91 Å². The minimum absolute atomic E-state index is 0.219. The van der Waals surface area contributed by atoms with E-state index >= 15 is 0 Å². The van der Waals surface area contributed by atoms with E-state index in [0.29, 0.717) is 11.8 Å². The highest BCUT2D eigenvalue weighted by molar-refractivity contribution is 7.99. The van der Waals surface area contributed by atoms with E-state index in [1.54, 1.807) is 11.3 Å². The second-order valence-electron chi connectivity index (χ2n) is 7.48. The van der Waals surface area contributed by atoms with E-state index in [9.17, 15) is 4.79 Å². The molecule has 1 saturated heterocycles. The summed E-state index contributed by atoms with van der Waals surface area (Å²) in [7, 11) is 0. The highest BCUT2D eigenvalue weighted by Gasteiger charge is 2.46. The Labute approximate surface area is 164 Å². The number of thiophene rings is 1. The summed E-state index contributed by atoms with van der Waals surface area (Å²) in [6, 6.07) is 10.3. The fourth-order valence-corrected chi connectivity index (χ4v) is 6.36. The Hall–Kier alpha value is -1.33. The van der Waals surface area contributed by atoms with Gasteiger partial charge in [-0.1, -0.05) is 25.0 Å². The Morgan fingerprint density at radius 3 is 2.65 bits per heavy atom. The number of thioether (sulfide) groups is 1. The van der Waals surface area contributed by atoms with Crippen LogP contribution in [0.1, 0.15) is 43.4 Å². The number of likely N-dealkylation sites (tertiary alicyclic amines) is 1. The van der Waals surface area contributed by atoms with Gasteiger partial charge in [0, 0.05) is 29.9 Å². The number of hydrogen-bond donors (Lipinski definition) is 0. The lowest BCUT2D eigenvalue weighted by Crippen LogP contribution is -2.48. The van der Waals surface area contributed by atoms with Gasteiger partial charge in [0.15, 0.2) is 0 Å². The maximum Gasteiger partial charge on any atom is 0.234 e. The summed E-state index contributed by atoms with van der Waals surface area (Å²) < 4.78 is 0. The molecule has 3 nitrogen and oxygen atoms in total. The van der Waals surface area contributed by atoms with E-state index in [2.05, 4.69) is 33.5 Å². The normalized spacial score (nSPS) is 20.4. The molecule has 0 bridgehead atoms. The van der Waals surface area contributed by atoms with Gasteiger partial charge in [-0.3, -0.25) is 4.79 Å². The van der Waals surface area contributed by atoms with Crippen molar-refractivity contribution in [2.24, 2.45) is 5.92 Å². The van der Waals surface area contributed by atoms with Crippen LogP contribution in [0.4, 0.5) is 0 Å². The summed E-state index contributed by atoms with van der Waals surface area (Å²) in [5.41, 5.74) is -0.219. The number of piperidine rings is 1. The van der Waals surface area contributed by atoms with Crippen molar-refractivity contribution < 1.29 is 4.79 Å². The molecule has 0 N–H and O–H groups in total. The third-order valence-electron chi connectivity index (χ3n) is 5.87. The fraction of sp³-hybridized carbons (Fsp3) is 0.524. The van der Waals surface area contributed by atoms with Gasteiger partial charge in [0.1, 0.15) is 0 Å². The lowest BCUT2D eigenvalue weighted by atomic mass is 9.82. The Balaban J connectivity index is 1.34. The molecular weight excluding hydrogens is 360 g/mol. The second-order valence-corrected chi connectivity index (χ2v) is 9.47. The van der Waals surface area contributed by atoms with Gasteiger partial charge in [-0.15, -0.1) is 23.1 Å². The molecule has 26 heavy (non-hydrogen) atoms. The van der Waals surface area contributed by atoms with Crippen molar-refractivity contribution in [1.82, 2.24) is 9.88 Å². The molecule has 0 spiro atoms. The zero-order valence-corrected chi connectivity index (χ0v) is 16.7. The van der Waals surface area contributed by atoms with Crippen molar-refractivity contribution in [1.29, 1.82) is 0 Å². The van der Waals surface area contributed by atoms with E-state index in [-0.39, 0.29) is 5.41 Å². The van der Waals surface area contributed by atoms with E-state index in [0.717, 1.165) is 49.6 Å². The van der Waals surface area contributed by atoms with Crippen molar-refractivity contribution in [3.8, 4) is 0 Å². The number of hydrogen-bond acceptors (Lipinski definition) is 4. The molecule has 0 aromatic carbocycles. The summed E-state index contributed by atoms with van der Waals surface area (Å²) in [6.07, 6.45) is 8.51. The molecule has 138 valence electrons. The van der Waals surface area contributed by atoms with Crippen molar-refractivity contribution in [2.45, 2.75) is 49.0 Å². The van der Waals surface area contributed by atoms with Gasteiger partial charge in [-0.05, 0) is 55.2 Å². The second kappa shape index (κ2) is 8.13. The number of aromatic nitrogens is 1. The first-order valence-electron chi connectivity index (χ1n) is 9.65. The average Bonchev–Trinajstić information content (AvgIpc) is 3.39. The Morgan fingerprint density at radius 2 is 2.00 bits per heavy atom. The first-order valence-corrected chi connectivity index (χ1v) is 11.5. The molecule has 2 fully saturated rings. The Morgan fingerprint density at radius 1 is 1.19 bits per heavy atom. The predicted molar refractivity (Wildman–Crippen MR) is 109 cm³/mol. The Bertz CT molecular complexity index is 703. The van der Waals surface area contributed by atoms with E-state index in [4.69, 9.17) is 0 Å². The van der Waals surface area contributed by atoms with Crippen LogP contribution >= 0.6 is 23.1 Å². The molecule has 1 saturated carbocycles. The summed E-state index contributed by atoms with van der Waals surface area (Å²) in [4.78, 5) is 21.3. The van der Waals surface area contributed by atoms with Crippen LogP contribution in [-0.2, 0) is 10.2 Å². The van der Waals surface area contributed by atoms with Crippen molar-refractivity contribution in [3.63, 3.8) is 0 Å². The fourth-order valence-electron chi connectivity index (χ4n) is 4.34. The molecule has 2 aromatic heterocycles. The Kier molecular flexibility index (Phi) is 5.65. The van der Waals surface area contributed by atoms with E-state index < -0.39 is 0 Å². The average molecular weight is 387 g/mol. The van der Waals surface area contributed by atoms with Crippen molar-refractivity contribution in [3.05, 3.63) is 46.8 Å². The summed E-state index contributed by atoms with van der Waals surface area (Å²) in [5.74, 6) is 2.19. The number of carbonyl (C=O) groups is 1. The van der Waals surface area contributed by atoms with Crippen LogP contribution in [0.3, 0.4) is 0 Å². The third-order valence-corrected chi connectivity index (χ3v) is 8.12. The van der Waals surface area contributed by atoms with E-state index in [1.807, 2.05) is 30.1 Å². The van der Waals surface area contributed by atoms with Crippen LogP contribution in [-0.4, -0.2) is 34.6 Å². The SMILES string of the molecule is O=C(N1CCC(CSc2ccccn2)CC1)C1(c2cccs2)CCCC1. The summed E-state index contributed by atoms with van der Waals surface area (Å²) in [5, 5.41) is 3.22. The highest BCUT2D eigenvalue weighted by atomic mass is 32.2. The number of rotatable bonds is 5. The van der Waals surface area contributed by atoms with Crippen molar-refractivity contribution >= 4 is 29.0 Å². The van der Waals surface area contributed by atoms with Crippen LogP contribution in [0.2, 0.25) is 0 Å². The molecule has 0 radical (unpaired) electrons. The maximum atomic E-state index is 13.4. The minimum atomic E-state index is -0.219.